The second kappa shape index (κ2) is 2.35. The first kappa shape index (κ1) is 9.80. The van der Waals surface area contributed by atoms with Gasteiger partial charge in [0, 0.05) is 5.21 Å². The summed E-state index contributed by atoms with van der Waals surface area (Å²) in [4.78, 5) is 0. The van der Waals surface area contributed by atoms with Gasteiger partial charge in [0.2, 0.25) is 0 Å². The SMILES string of the molecule is CC1(C)N([O])C(Br)=[N+]([O-])C1(C)C. The Balaban J connectivity index is 3.22. The van der Waals surface area contributed by atoms with Crippen LogP contribution in [-0.4, -0.2) is 25.6 Å². The predicted octanol–water partition coefficient (Wildman–Crippen LogP) is 1.47. The highest BCUT2D eigenvalue weighted by molar-refractivity contribution is 9.18. The first-order valence-electron chi connectivity index (χ1n) is 3.70. The summed E-state index contributed by atoms with van der Waals surface area (Å²) < 4.78 is 0.762. The first-order valence-corrected chi connectivity index (χ1v) is 4.49. The lowest BCUT2D eigenvalue weighted by molar-refractivity contribution is -0.537. The molecule has 0 amide bonds. The van der Waals surface area contributed by atoms with Crippen molar-refractivity contribution in [2.24, 2.45) is 0 Å². The zero-order valence-corrected chi connectivity index (χ0v) is 9.17. The maximum absolute atomic E-state index is 11.4. The molecule has 0 aromatic carbocycles. The summed E-state index contributed by atoms with van der Waals surface area (Å²) in [7, 11) is 0. The number of hydroxylamine groups is 3. The van der Waals surface area contributed by atoms with E-state index in [2.05, 4.69) is 15.9 Å². The quantitative estimate of drug-likeness (QED) is 0.363. The van der Waals surface area contributed by atoms with Crippen molar-refractivity contribution in [2.45, 2.75) is 38.8 Å². The molecule has 0 N–H and O–H groups in total. The van der Waals surface area contributed by atoms with Gasteiger partial charge in [0.1, 0.15) is 5.54 Å². The minimum absolute atomic E-state index is 0.0532. The van der Waals surface area contributed by atoms with Gasteiger partial charge >= 0.3 is 4.74 Å². The van der Waals surface area contributed by atoms with Gasteiger partial charge < -0.3 is 5.21 Å². The van der Waals surface area contributed by atoms with Crippen LogP contribution in [0.5, 0.6) is 0 Å². The van der Waals surface area contributed by atoms with Crippen LogP contribution in [0.1, 0.15) is 27.7 Å². The van der Waals surface area contributed by atoms with Gasteiger partial charge in [0.15, 0.2) is 5.54 Å². The summed E-state index contributed by atoms with van der Waals surface area (Å²) in [6.45, 7) is 7.00. The highest BCUT2D eigenvalue weighted by Gasteiger charge is 2.59. The summed E-state index contributed by atoms with van der Waals surface area (Å²) in [5.74, 6) is 0. The van der Waals surface area contributed by atoms with Crippen LogP contribution in [0.4, 0.5) is 0 Å². The van der Waals surface area contributed by atoms with Crippen molar-refractivity contribution < 1.29 is 9.95 Å². The van der Waals surface area contributed by atoms with Crippen LogP contribution in [0, 0.1) is 5.21 Å². The third kappa shape index (κ3) is 0.894. The van der Waals surface area contributed by atoms with Gasteiger partial charge in [-0.1, -0.05) is 5.06 Å². The van der Waals surface area contributed by atoms with Crippen molar-refractivity contribution >= 4 is 20.7 Å². The van der Waals surface area contributed by atoms with Crippen LogP contribution in [0.15, 0.2) is 0 Å². The van der Waals surface area contributed by atoms with Gasteiger partial charge in [-0.15, -0.1) is 0 Å². The molecule has 1 radical (unpaired) electrons. The lowest BCUT2D eigenvalue weighted by Crippen LogP contribution is -2.53. The van der Waals surface area contributed by atoms with Crippen LogP contribution in [-0.2, 0) is 5.21 Å². The fourth-order valence-corrected chi connectivity index (χ4v) is 1.93. The van der Waals surface area contributed by atoms with Crippen LogP contribution < -0.4 is 0 Å². The molecule has 1 heterocycles. The molecular weight excluding hydrogens is 224 g/mol. The molecule has 0 unspecified atom stereocenters. The van der Waals surface area contributed by atoms with Gasteiger partial charge in [-0.2, -0.15) is 0 Å². The normalized spacial score (nSPS) is 26.7. The number of halogens is 1. The van der Waals surface area contributed by atoms with Crippen LogP contribution in [0.25, 0.3) is 0 Å². The molecule has 0 aliphatic carbocycles. The first-order chi connectivity index (χ1) is 5.23. The van der Waals surface area contributed by atoms with E-state index in [9.17, 15) is 10.4 Å². The van der Waals surface area contributed by atoms with E-state index in [1.165, 1.54) is 0 Å². The largest absolute Gasteiger partial charge is 0.714 e. The molecule has 1 aliphatic heterocycles. The molecule has 1 rings (SSSR count). The minimum Gasteiger partial charge on any atom is -0.714 e. The van der Waals surface area contributed by atoms with Crippen molar-refractivity contribution in [2.75, 3.05) is 0 Å². The Morgan fingerprint density at radius 1 is 1.42 bits per heavy atom. The summed E-state index contributed by atoms with van der Waals surface area (Å²) >= 11 is 2.96. The third-order valence-corrected chi connectivity index (χ3v) is 3.49. The highest BCUT2D eigenvalue weighted by Crippen LogP contribution is 2.36. The Labute approximate surface area is 80.2 Å². The fourth-order valence-electron chi connectivity index (χ4n) is 1.04. The molecule has 0 atom stereocenters. The van der Waals surface area contributed by atoms with Gasteiger partial charge in [0.05, 0.1) is 15.9 Å². The minimum atomic E-state index is -0.701. The van der Waals surface area contributed by atoms with E-state index in [1.807, 2.05) is 0 Å². The average Bonchev–Trinajstić information content (AvgIpc) is 2.05. The second-order valence-electron chi connectivity index (χ2n) is 3.98. The number of amidine groups is 1. The van der Waals surface area contributed by atoms with Crippen molar-refractivity contribution in [1.82, 2.24) is 5.06 Å². The Kier molecular flexibility index (Phi) is 1.92. The van der Waals surface area contributed by atoms with E-state index >= 15 is 0 Å². The molecule has 0 aromatic rings. The Hall–Kier alpha value is -0.290. The summed E-state index contributed by atoms with van der Waals surface area (Å²) in [5.41, 5.74) is -1.40. The van der Waals surface area contributed by atoms with Gasteiger partial charge in [-0.3, -0.25) is 0 Å². The Morgan fingerprint density at radius 2 is 1.83 bits per heavy atom. The summed E-state index contributed by atoms with van der Waals surface area (Å²) in [6, 6.07) is 0. The average molecular weight is 236 g/mol. The van der Waals surface area contributed by atoms with Crippen molar-refractivity contribution in [1.29, 1.82) is 0 Å². The zero-order valence-electron chi connectivity index (χ0n) is 7.59. The Morgan fingerprint density at radius 3 is 1.92 bits per heavy atom. The standard InChI is InChI=1S/C7H12BrN2O2/c1-6(2)7(3,4)10(12)5(8)9(6)11/h1-4H3. The van der Waals surface area contributed by atoms with Gasteiger partial charge in [-0.25, -0.2) is 4.74 Å². The van der Waals surface area contributed by atoms with Crippen molar-refractivity contribution in [3.63, 3.8) is 0 Å². The van der Waals surface area contributed by atoms with Gasteiger partial charge in [0.25, 0.3) is 0 Å². The molecule has 0 bridgehead atoms. The lowest BCUT2D eigenvalue weighted by atomic mass is 9.84. The van der Waals surface area contributed by atoms with E-state index in [4.69, 9.17) is 0 Å². The molecule has 0 aromatic heterocycles. The second-order valence-corrected chi connectivity index (χ2v) is 4.69. The monoisotopic (exact) mass is 235 g/mol. The number of rotatable bonds is 0. The molecule has 0 spiro atoms. The maximum Gasteiger partial charge on any atom is 0.352 e. The van der Waals surface area contributed by atoms with E-state index in [0.717, 1.165) is 0 Å². The van der Waals surface area contributed by atoms with Crippen LogP contribution in [0.2, 0.25) is 0 Å². The van der Waals surface area contributed by atoms with Crippen LogP contribution in [0.3, 0.4) is 0 Å². The smallest absolute Gasteiger partial charge is 0.352 e. The zero-order chi connectivity index (χ0) is 9.73. The molecule has 69 valence electrons. The van der Waals surface area contributed by atoms with E-state index in [0.29, 0.717) is 9.80 Å². The van der Waals surface area contributed by atoms with E-state index in [1.54, 1.807) is 27.7 Å². The van der Waals surface area contributed by atoms with Crippen molar-refractivity contribution in [3.05, 3.63) is 5.21 Å². The lowest BCUT2D eigenvalue weighted by Gasteiger charge is -2.32. The molecule has 0 fully saturated rings. The molecular formula is C7H12BrN2O2. The highest BCUT2D eigenvalue weighted by atomic mass is 79.9. The molecule has 5 heteroatoms. The van der Waals surface area contributed by atoms with Crippen molar-refractivity contribution in [3.8, 4) is 0 Å². The third-order valence-electron chi connectivity index (χ3n) is 2.85. The molecule has 0 saturated heterocycles. The van der Waals surface area contributed by atoms with E-state index in [-0.39, 0.29) is 4.74 Å². The van der Waals surface area contributed by atoms with E-state index < -0.39 is 11.1 Å². The topological polar surface area (TPSA) is 49.2 Å². The number of nitrogens with zero attached hydrogens (tertiary/aromatic N) is 2. The molecule has 1 aliphatic rings. The molecule has 12 heavy (non-hydrogen) atoms. The molecule has 4 nitrogen and oxygen atoms in total. The summed E-state index contributed by atoms with van der Waals surface area (Å²) in [5, 5.41) is 23.6. The summed E-state index contributed by atoms with van der Waals surface area (Å²) in [6.07, 6.45) is 0. The fraction of sp³-hybridized carbons (Fsp3) is 0.857. The predicted molar refractivity (Wildman–Crippen MR) is 48.2 cm³/mol. The number of hydrogen-bond donors (Lipinski definition) is 0. The van der Waals surface area contributed by atoms with Gasteiger partial charge in [-0.05, 0) is 27.7 Å². The molecule has 0 saturated carbocycles. The Bertz CT molecular complexity index is 248. The van der Waals surface area contributed by atoms with Crippen LogP contribution >= 0.6 is 15.9 Å². The maximum atomic E-state index is 11.4. The number of hydrogen-bond acceptors (Lipinski definition) is 2.